The molecule has 10 heteroatoms. The van der Waals surface area contributed by atoms with E-state index in [1.165, 1.54) is 18.9 Å². The van der Waals surface area contributed by atoms with Crippen LogP contribution in [0.4, 0.5) is 0 Å². The first-order valence-electron chi connectivity index (χ1n) is 3.65. The van der Waals surface area contributed by atoms with Gasteiger partial charge in [0.05, 0.1) is 24.3 Å². The van der Waals surface area contributed by atoms with Crippen LogP contribution in [0.15, 0.2) is 33.8 Å². The van der Waals surface area contributed by atoms with Gasteiger partial charge < -0.3 is 0 Å². The van der Waals surface area contributed by atoms with E-state index in [9.17, 15) is 4.79 Å². The van der Waals surface area contributed by atoms with Crippen molar-refractivity contribution in [2.45, 2.75) is 0 Å². The van der Waals surface area contributed by atoms with Crippen molar-refractivity contribution in [1.82, 2.24) is 25.0 Å². The van der Waals surface area contributed by atoms with Crippen LogP contribution >= 0.6 is 23.4 Å². The Balaban J connectivity index is 0.000000267. The maximum atomic E-state index is 10.1. The number of H-pyrrole nitrogens is 1. The van der Waals surface area contributed by atoms with E-state index in [4.69, 9.17) is 23.4 Å². The maximum Gasteiger partial charge on any atom is 0.347 e. The number of nitrogens with one attached hydrogen (secondary N) is 2. The Labute approximate surface area is 123 Å². The van der Waals surface area contributed by atoms with Crippen LogP contribution in [-0.4, -0.2) is 55.4 Å². The predicted octanol–water partition coefficient (Wildman–Crippen LogP) is -0.190. The Bertz CT molecular complexity index is 404. The second kappa shape index (κ2) is 8.54. The summed E-state index contributed by atoms with van der Waals surface area (Å²) in [7, 11) is 0. The van der Waals surface area contributed by atoms with Crippen LogP contribution in [0.3, 0.4) is 0 Å². The predicted molar refractivity (Wildman–Crippen MR) is 61.7 cm³/mol. The molecule has 2 rings (SSSR count). The minimum atomic E-state index is -0.366. The molecule has 16 heavy (non-hydrogen) atoms. The monoisotopic (exact) mass is 271 g/mol. The Hall–Kier alpha value is -0.600. The zero-order valence-corrected chi connectivity index (χ0v) is 11.8. The van der Waals surface area contributed by atoms with E-state index in [1.54, 1.807) is 6.08 Å². The number of aromatic amines is 1. The molecule has 0 aromatic carbocycles. The summed E-state index contributed by atoms with van der Waals surface area (Å²) >= 11 is 10.8. The first kappa shape index (κ1) is 15.4. The second-order valence-electron chi connectivity index (χ2n) is 2.12. The number of hydrazine groups is 1. The van der Waals surface area contributed by atoms with Crippen LogP contribution in [0.1, 0.15) is 0 Å². The summed E-state index contributed by atoms with van der Waals surface area (Å²) in [5.74, 6) is 0. The van der Waals surface area contributed by atoms with Crippen molar-refractivity contribution in [3.8, 4) is 0 Å². The molecule has 0 atom stereocenters. The summed E-state index contributed by atoms with van der Waals surface area (Å²) in [5.41, 5.74) is 2.14. The van der Waals surface area contributed by atoms with Crippen molar-refractivity contribution in [2.75, 3.05) is 0 Å². The Morgan fingerprint density at radius 1 is 1.44 bits per heavy atom. The first-order valence-corrected chi connectivity index (χ1v) is 4.37. The van der Waals surface area contributed by atoms with E-state index in [0.717, 1.165) is 4.64 Å². The zero-order chi connectivity index (χ0) is 11.1. The van der Waals surface area contributed by atoms with E-state index in [1.807, 2.05) is 0 Å². The number of halogens is 2. The fraction of sp³-hybridized carbons (Fsp3) is 0. The zero-order valence-electron chi connectivity index (χ0n) is 8.26. The molecule has 7 nitrogen and oxygen atoms in total. The molecule has 0 amide bonds. The molecule has 1 aliphatic heterocycles. The third-order valence-corrected chi connectivity index (χ3v) is 1.47. The summed E-state index contributed by atoms with van der Waals surface area (Å²) in [6, 6.07) is 0. The standard InChI is InChI=1S/C3H3Cl2N3.C3H3N3O.Na/c4-3-1-2-6-8(5)7-3;7-3-5-1-4-2-6-3;/h1-2,7H;1-2H,(H,4,5,6,7);. The average molecular weight is 272 g/mol. The van der Waals surface area contributed by atoms with E-state index >= 15 is 0 Å². The molecule has 0 aliphatic carbocycles. The Morgan fingerprint density at radius 3 is 2.50 bits per heavy atom. The molecule has 1 aromatic heterocycles. The summed E-state index contributed by atoms with van der Waals surface area (Å²) in [6.07, 6.45) is 5.57. The third-order valence-electron chi connectivity index (χ3n) is 1.09. The van der Waals surface area contributed by atoms with Gasteiger partial charge in [-0.3, -0.25) is 10.4 Å². The summed E-state index contributed by atoms with van der Waals surface area (Å²) in [6.45, 7) is 0. The van der Waals surface area contributed by atoms with Crippen LogP contribution in [0.5, 0.6) is 0 Å². The van der Waals surface area contributed by atoms with Gasteiger partial charge >= 0.3 is 5.69 Å². The second-order valence-corrected chi connectivity index (χ2v) is 2.85. The van der Waals surface area contributed by atoms with Crippen molar-refractivity contribution in [1.29, 1.82) is 0 Å². The van der Waals surface area contributed by atoms with Crippen molar-refractivity contribution in [2.24, 2.45) is 5.10 Å². The number of hydrazone groups is 1. The minimum Gasteiger partial charge on any atom is -0.296 e. The normalized spacial score (nSPS) is 12.6. The van der Waals surface area contributed by atoms with Gasteiger partial charge in [-0.1, -0.05) is 11.6 Å². The molecule has 81 valence electrons. The SMILES string of the molecule is ClC1=CC=NN(Cl)N1.O=c1ncnc[nH]1.[Na]. The Morgan fingerprint density at radius 2 is 2.19 bits per heavy atom. The molecular weight excluding hydrogens is 266 g/mol. The van der Waals surface area contributed by atoms with E-state index in [0.29, 0.717) is 5.16 Å². The number of hydrogen-bond acceptors (Lipinski definition) is 6. The quantitative estimate of drug-likeness (QED) is 0.388. The minimum absolute atomic E-state index is 0. The van der Waals surface area contributed by atoms with Gasteiger partial charge in [-0.2, -0.15) is 4.98 Å². The molecule has 2 N–H and O–H groups in total. The summed E-state index contributed by atoms with van der Waals surface area (Å²) in [4.78, 5) is 19.1. The van der Waals surface area contributed by atoms with Gasteiger partial charge in [0.2, 0.25) is 0 Å². The molecule has 1 aromatic rings. The van der Waals surface area contributed by atoms with Crippen molar-refractivity contribution >= 4 is 59.1 Å². The van der Waals surface area contributed by atoms with Crippen molar-refractivity contribution < 1.29 is 0 Å². The fourth-order valence-corrected chi connectivity index (χ4v) is 0.882. The third kappa shape index (κ3) is 6.81. The van der Waals surface area contributed by atoms with Gasteiger partial charge in [0, 0.05) is 29.6 Å². The number of hydrogen-bond donors (Lipinski definition) is 2. The average Bonchev–Trinajstić information content (AvgIpc) is 2.19. The molecule has 0 fully saturated rings. The number of rotatable bonds is 0. The molecule has 0 saturated carbocycles. The molecule has 1 aliphatic rings. The largest absolute Gasteiger partial charge is 0.347 e. The van der Waals surface area contributed by atoms with Crippen LogP contribution in [0, 0.1) is 0 Å². The van der Waals surface area contributed by atoms with Crippen LogP contribution < -0.4 is 11.1 Å². The number of nitrogens with zero attached hydrogens (tertiary/aromatic N) is 4. The van der Waals surface area contributed by atoms with Crippen molar-refractivity contribution in [3.05, 3.63) is 34.4 Å². The van der Waals surface area contributed by atoms with E-state index in [2.05, 4.69) is 25.5 Å². The van der Waals surface area contributed by atoms with Gasteiger partial charge in [0.15, 0.2) is 0 Å². The van der Waals surface area contributed by atoms with Crippen LogP contribution in [0.2, 0.25) is 0 Å². The molecule has 0 unspecified atom stereocenters. The topological polar surface area (TPSA) is 86.3 Å². The van der Waals surface area contributed by atoms with Gasteiger partial charge in [-0.05, 0) is 6.08 Å². The van der Waals surface area contributed by atoms with Gasteiger partial charge in [-0.15, -0.1) is 9.74 Å². The smallest absolute Gasteiger partial charge is 0.296 e. The molecular formula is C6H6Cl2N6NaO. The van der Waals surface area contributed by atoms with E-state index < -0.39 is 0 Å². The fourth-order valence-electron chi connectivity index (χ4n) is 0.560. The number of allylic oxidation sites excluding steroid dienone is 1. The van der Waals surface area contributed by atoms with Crippen LogP contribution in [-0.2, 0) is 0 Å². The van der Waals surface area contributed by atoms with Gasteiger partial charge in [-0.25, -0.2) is 9.78 Å². The van der Waals surface area contributed by atoms with Crippen molar-refractivity contribution in [3.63, 3.8) is 0 Å². The molecule has 2 heterocycles. The first-order chi connectivity index (χ1) is 7.18. The summed E-state index contributed by atoms with van der Waals surface area (Å²) in [5, 5.41) is 4.04. The molecule has 1 radical (unpaired) electrons. The van der Waals surface area contributed by atoms with Gasteiger partial charge in [0.25, 0.3) is 0 Å². The molecule has 0 saturated heterocycles. The van der Waals surface area contributed by atoms with Gasteiger partial charge in [0.1, 0.15) is 11.5 Å². The number of aromatic nitrogens is 3. The Kier molecular flexibility index (Phi) is 8.22. The molecule has 0 spiro atoms. The van der Waals surface area contributed by atoms with E-state index in [-0.39, 0.29) is 35.2 Å². The molecule has 0 bridgehead atoms. The maximum absolute atomic E-state index is 10.1. The summed E-state index contributed by atoms with van der Waals surface area (Å²) < 4.78 is 1.00. The van der Waals surface area contributed by atoms with Crippen LogP contribution in [0.25, 0.3) is 0 Å².